The van der Waals surface area contributed by atoms with Crippen molar-refractivity contribution < 1.29 is 9.47 Å². The molecule has 0 amide bonds. The second-order valence-electron chi connectivity index (χ2n) is 2.99. The Bertz CT molecular complexity index is 421. The summed E-state index contributed by atoms with van der Waals surface area (Å²) in [7, 11) is 5.09. The van der Waals surface area contributed by atoms with E-state index in [2.05, 4.69) is 33.1 Å². The van der Waals surface area contributed by atoms with Gasteiger partial charge >= 0.3 is 0 Å². The minimum atomic E-state index is 0.646. The van der Waals surface area contributed by atoms with Crippen molar-refractivity contribution >= 4 is 15.9 Å². The van der Waals surface area contributed by atoms with Gasteiger partial charge in [-0.05, 0) is 35.1 Å². The van der Waals surface area contributed by atoms with Crippen LogP contribution in [0.2, 0.25) is 0 Å². The van der Waals surface area contributed by atoms with Crippen molar-refractivity contribution in [3.05, 3.63) is 22.2 Å². The number of hydrogen-bond donors (Lipinski definition) is 1. The van der Waals surface area contributed by atoms with Crippen LogP contribution in [0.4, 0.5) is 0 Å². The number of halogens is 1. The van der Waals surface area contributed by atoms with Gasteiger partial charge in [0.05, 0.1) is 26.3 Å². The van der Waals surface area contributed by atoms with Gasteiger partial charge in [-0.1, -0.05) is 11.8 Å². The SMILES string of the molecule is CNCC#Cc1ccc(OC)c(Br)c1OC. The van der Waals surface area contributed by atoms with Gasteiger partial charge in [0.25, 0.3) is 0 Å². The first-order chi connectivity index (χ1) is 7.74. The lowest BCUT2D eigenvalue weighted by Gasteiger charge is -2.09. The van der Waals surface area contributed by atoms with Crippen LogP contribution in [0.3, 0.4) is 0 Å². The van der Waals surface area contributed by atoms with Gasteiger partial charge in [0.15, 0.2) is 5.75 Å². The van der Waals surface area contributed by atoms with E-state index in [1.165, 1.54) is 0 Å². The molecule has 0 heterocycles. The Morgan fingerprint density at radius 3 is 2.62 bits per heavy atom. The second kappa shape index (κ2) is 6.41. The summed E-state index contributed by atoms with van der Waals surface area (Å²) in [5, 5.41) is 2.96. The summed E-state index contributed by atoms with van der Waals surface area (Å²) in [5.41, 5.74) is 0.838. The first kappa shape index (κ1) is 12.9. The average molecular weight is 284 g/mol. The van der Waals surface area contributed by atoms with Gasteiger partial charge < -0.3 is 14.8 Å². The normalized spacial score (nSPS) is 9.25. The molecule has 0 aromatic heterocycles. The molecule has 0 aliphatic heterocycles. The van der Waals surface area contributed by atoms with E-state index in [9.17, 15) is 0 Å². The molecule has 1 N–H and O–H groups in total. The van der Waals surface area contributed by atoms with Crippen LogP contribution in [0.25, 0.3) is 0 Å². The molecule has 0 atom stereocenters. The summed E-state index contributed by atoms with van der Waals surface area (Å²) in [6.45, 7) is 0.646. The van der Waals surface area contributed by atoms with E-state index in [0.717, 1.165) is 15.8 Å². The minimum absolute atomic E-state index is 0.646. The van der Waals surface area contributed by atoms with E-state index in [1.807, 2.05) is 19.2 Å². The Hall–Kier alpha value is -1.18. The van der Waals surface area contributed by atoms with Crippen molar-refractivity contribution in [1.29, 1.82) is 0 Å². The van der Waals surface area contributed by atoms with Crippen LogP contribution in [0.5, 0.6) is 11.5 Å². The molecule has 0 saturated carbocycles. The number of hydrogen-bond acceptors (Lipinski definition) is 3. The van der Waals surface area contributed by atoms with Crippen molar-refractivity contribution in [3.8, 4) is 23.3 Å². The van der Waals surface area contributed by atoms with Crippen LogP contribution in [0, 0.1) is 11.8 Å². The Morgan fingerprint density at radius 1 is 1.31 bits per heavy atom. The van der Waals surface area contributed by atoms with E-state index < -0.39 is 0 Å². The summed E-state index contributed by atoms with van der Waals surface area (Å²) < 4.78 is 11.3. The molecule has 0 aliphatic carbocycles. The molecule has 16 heavy (non-hydrogen) atoms. The molecular weight excluding hydrogens is 270 g/mol. The molecule has 3 nitrogen and oxygen atoms in total. The first-order valence-electron chi connectivity index (χ1n) is 4.78. The highest BCUT2D eigenvalue weighted by Crippen LogP contribution is 2.36. The van der Waals surface area contributed by atoms with E-state index in [4.69, 9.17) is 9.47 Å². The number of nitrogens with one attached hydrogen (secondary N) is 1. The Morgan fingerprint density at radius 2 is 2.06 bits per heavy atom. The molecule has 0 aliphatic rings. The maximum absolute atomic E-state index is 5.30. The van der Waals surface area contributed by atoms with Gasteiger partial charge in [-0.3, -0.25) is 0 Å². The van der Waals surface area contributed by atoms with E-state index in [0.29, 0.717) is 12.3 Å². The molecule has 1 aromatic rings. The molecule has 86 valence electrons. The molecule has 0 radical (unpaired) electrons. The number of ether oxygens (including phenoxy) is 2. The van der Waals surface area contributed by atoms with Crippen LogP contribution < -0.4 is 14.8 Å². The van der Waals surface area contributed by atoms with Crippen molar-refractivity contribution in [1.82, 2.24) is 5.32 Å². The molecule has 0 fully saturated rings. The van der Waals surface area contributed by atoms with E-state index >= 15 is 0 Å². The monoisotopic (exact) mass is 283 g/mol. The highest BCUT2D eigenvalue weighted by Gasteiger charge is 2.10. The lowest BCUT2D eigenvalue weighted by molar-refractivity contribution is 0.389. The fourth-order valence-corrected chi connectivity index (χ4v) is 1.89. The van der Waals surface area contributed by atoms with E-state index in [1.54, 1.807) is 14.2 Å². The Balaban J connectivity index is 3.12. The van der Waals surface area contributed by atoms with Crippen LogP contribution >= 0.6 is 15.9 Å². The van der Waals surface area contributed by atoms with Gasteiger partial charge in [0.2, 0.25) is 0 Å². The van der Waals surface area contributed by atoms with Crippen molar-refractivity contribution in [2.24, 2.45) is 0 Å². The maximum Gasteiger partial charge on any atom is 0.152 e. The maximum atomic E-state index is 5.30. The predicted molar refractivity (Wildman–Crippen MR) is 68.1 cm³/mol. The minimum Gasteiger partial charge on any atom is -0.495 e. The van der Waals surface area contributed by atoms with Crippen molar-refractivity contribution in [2.45, 2.75) is 0 Å². The molecule has 1 aromatic carbocycles. The van der Waals surface area contributed by atoms with Crippen LogP contribution in [0.1, 0.15) is 5.56 Å². The van der Waals surface area contributed by atoms with Gasteiger partial charge in [-0.25, -0.2) is 0 Å². The second-order valence-corrected chi connectivity index (χ2v) is 3.79. The molecule has 0 bridgehead atoms. The molecule has 0 unspecified atom stereocenters. The smallest absolute Gasteiger partial charge is 0.152 e. The zero-order valence-electron chi connectivity index (χ0n) is 9.56. The van der Waals surface area contributed by atoms with Gasteiger partial charge in [-0.15, -0.1) is 0 Å². The lowest BCUT2D eigenvalue weighted by Crippen LogP contribution is -2.04. The number of benzene rings is 1. The zero-order chi connectivity index (χ0) is 12.0. The third-order valence-corrected chi connectivity index (χ3v) is 2.72. The van der Waals surface area contributed by atoms with Crippen LogP contribution in [-0.2, 0) is 0 Å². The van der Waals surface area contributed by atoms with Crippen molar-refractivity contribution in [3.63, 3.8) is 0 Å². The highest BCUT2D eigenvalue weighted by atomic mass is 79.9. The van der Waals surface area contributed by atoms with Crippen molar-refractivity contribution in [2.75, 3.05) is 27.8 Å². The third-order valence-electron chi connectivity index (χ3n) is 1.97. The molecular formula is C12H14BrNO2. The van der Waals surface area contributed by atoms with Gasteiger partial charge in [-0.2, -0.15) is 0 Å². The fourth-order valence-electron chi connectivity index (χ4n) is 1.22. The van der Waals surface area contributed by atoms with Crippen LogP contribution in [-0.4, -0.2) is 27.8 Å². The summed E-state index contributed by atoms with van der Waals surface area (Å²) in [6.07, 6.45) is 0. The average Bonchev–Trinajstić information content (AvgIpc) is 2.30. The summed E-state index contributed by atoms with van der Waals surface area (Å²) in [4.78, 5) is 0. The lowest BCUT2D eigenvalue weighted by atomic mass is 10.2. The van der Waals surface area contributed by atoms with E-state index in [-0.39, 0.29) is 0 Å². The van der Waals surface area contributed by atoms with Gasteiger partial charge in [0.1, 0.15) is 10.2 Å². The Kier molecular flexibility index (Phi) is 5.17. The number of methoxy groups -OCH3 is 2. The highest BCUT2D eigenvalue weighted by molar-refractivity contribution is 9.10. The summed E-state index contributed by atoms with van der Waals surface area (Å²) >= 11 is 3.43. The standard InChI is InChI=1S/C12H14BrNO2/c1-14-8-4-5-9-6-7-10(15-2)11(13)12(9)16-3/h6-7,14H,8H2,1-3H3. The summed E-state index contributed by atoms with van der Waals surface area (Å²) in [6, 6.07) is 3.74. The van der Waals surface area contributed by atoms with Gasteiger partial charge in [0, 0.05) is 0 Å². The molecule has 0 saturated heterocycles. The zero-order valence-corrected chi connectivity index (χ0v) is 11.1. The molecule has 0 spiro atoms. The Labute approximate surface area is 104 Å². The fraction of sp³-hybridized carbons (Fsp3) is 0.333. The largest absolute Gasteiger partial charge is 0.495 e. The number of rotatable bonds is 3. The molecule has 1 rings (SSSR count). The van der Waals surface area contributed by atoms with Crippen LogP contribution in [0.15, 0.2) is 16.6 Å². The third kappa shape index (κ3) is 2.91. The predicted octanol–water partition coefficient (Wildman–Crippen LogP) is 2.04. The quantitative estimate of drug-likeness (QED) is 0.862. The molecule has 4 heteroatoms. The topological polar surface area (TPSA) is 30.5 Å². The summed E-state index contributed by atoms with van der Waals surface area (Å²) in [5.74, 6) is 7.45. The first-order valence-corrected chi connectivity index (χ1v) is 5.57.